The standard InChI is InChI=1S/C15H20ClN3O/c1-10(2)9-19-14(20)18-13(17)15(19,3)8-11-4-6-12(16)7-5-11/h4-7,10H,8-9H2,1-3H3,(H2,17,18,20). The van der Waals surface area contributed by atoms with Gasteiger partial charge in [-0.15, -0.1) is 0 Å². The Labute approximate surface area is 124 Å². The van der Waals surface area contributed by atoms with Crippen molar-refractivity contribution in [2.24, 2.45) is 16.6 Å². The number of amides is 2. The normalized spacial score (nSPS) is 22.6. The van der Waals surface area contributed by atoms with E-state index in [1.54, 1.807) is 4.90 Å². The van der Waals surface area contributed by atoms with E-state index in [4.69, 9.17) is 17.3 Å². The van der Waals surface area contributed by atoms with E-state index in [0.717, 1.165) is 5.56 Å². The SMILES string of the molecule is CC(C)CN1C(=O)N=C(N)C1(C)Cc1ccc(Cl)cc1. The lowest BCUT2D eigenvalue weighted by molar-refractivity contribution is 0.167. The van der Waals surface area contributed by atoms with Gasteiger partial charge in [-0.3, -0.25) is 0 Å². The molecule has 1 atom stereocenters. The second kappa shape index (κ2) is 5.44. The van der Waals surface area contributed by atoms with Gasteiger partial charge >= 0.3 is 6.03 Å². The molecular weight excluding hydrogens is 274 g/mol. The number of aliphatic imine (C=N–C) groups is 1. The van der Waals surface area contributed by atoms with Gasteiger partial charge in [-0.05, 0) is 30.5 Å². The average Bonchev–Trinajstić information content (AvgIpc) is 2.56. The van der Waals surface area contributed by atoms with Crippen molar-refractivity contribution < 1.29 is 4.79 Å². The molecule has 0 radical (unpaired) electrons. The second-order valence-corrected chi connectivity index (χ2v) is 6.30. The number of amidine groups is 1. The number of carbonyl (C=O) groups is 1. The highest BCUT2D eigenvalue weighted by Gasteiger charge is 2.44. The van der Waals surface area contributed by atoms with Crippen molar-refractivity contribution in [2.75, 3.05) is 6.54 Å². The molecule has 0 aromatic heterocycles. The van der Waals surface area contributed by atoms with Gasteiger partial charge in [0.1, 0.15) is 11.4 Å². The lowest BCUT2D eigenvalue weighted by Crippen LogP contribution is -2.54. The first-order valence-corrected chi connectivity index (χ1v) is 7.11. The smallest absolute Gasteiger partial charge is 0.346 e. The zero-order valence-electron chi connectivity index (χ0n) is 12.1. The maximum Gasteiger partial charge on any atom is 0.346 e. The van der Waals surface area contributed by atoms with E-state index in [2.05, 4.69) is 18.8 Å². The van der Waals surface area contributed by atoms with E-state index in [1.165, 1.54) is 0 Å². The molecule has 2 rings (SSSR count). The van der Waals surface area contributed by atoms with Crippen LogP contribution in [0.2, 0.25) is 5.02 Å². The molecule has 0 saturated carbocycles. The van der Waals surface area contributed by atoms with Gasteiger partial charge in [0.25, 0.3) is 0 Å². The number of nitrogens with zero attached hydrogens (tertiary/aromatic N) is 2. The Morgan fingerprint density at radius 2 is 1.95 bits per heavy atom. The monoisotopic (exact) mass is 293 g/mol. The van der Waals surface area contributed by atoms with E-state index in [9.17, 15) is 4.79 Å². The first-order chi connectivity index (χ1) is 9.33. The predicted molar refractivity (Wildman–Crippen MR) is 82.1 cm³/mol. The van der Waals surface area contributed by atoms with Crippen LogP contribution in [0.4, 0.5) is 4.79 Å². The predicted octanol–water partition coefficient (Wildman–Crippen LogP) is 3.09. The Morgan fingerprint density at radius 1 is 1.35 bits per heavy atom. The number of hydrogen-bond donors (Lipinski definition) is 1. The van der Waals surface area contributed by atoms with E-state index in [-0.39, 0.29) is 6.03 Å². The lowest BCUT2D eigenvalue weighted by atomic mass is 9.90. The number of hydrogen-bond acceptors (Lipinski definition) is 2. The third-order valence-electron chi connectivity index (χ3n) is 3.60. The summed E-state index contributed by atoms with van der Waals surface area (Å²) >= 11 is 5.90. The first-order valence-electron chi connectivity index (χ1n) is 6.73. The van der Waals surface area contributed by atoms with Crippen LogP contribution in [0.3, 0.4) is 0 Å². The molecule has 1 aliphatic heterocycles. The molecule has 2 N–H and O–H groups in total. The maximum absolute atomic E-state index is 12.0. The van der Waals surface area contributed by atoms with Crippen LogP contribution in [0.25, 0.3) is 0 Å². The van der Waals surface area contributed by atoms with Crippen molar-refractivity contribution in [1.29, 1.82) is 0 Å². The van der Waals surface area contributed by atoms with Crippen LogP contribution in [0, 0.1) is 5.92 Å². The zero-order valence-corrected chi connectivity index (χ0v) is 12.8. The van der Waals surface area contributed by atoms with Gasteiger partial charge in [0.05, 0.1) is 0 Å². The minimum absolute atomic E-state index is 0.243. The van der Waals surface area contributed by atoms with Crippen LogP contribution < -0.4 is 5.73 Å². The molecule has 4 nitrogen and oxygen atoms in total. The molecule has 108 valence electrons. The van der Waals surface area contributed by atoms with Crippen molar-refractivity contribution in [3.05, 3.63) is 34.9 Å². The largest absolute Gasteiger partial charge is 0.385 e. The Morgan fingerprint density at radius 3 is 2.50 bits per heavy atom. The number of rotatable bonds is 4. The number of nitrogens with two attached hydrogens (primary N) is 1. The van der Waals surface area contributed by atoms with Gasteiger partial charge in [0.2, 0.25) is 0 Å². The van der Waals surface area contributed by atoms with Gasteiger partial charge in [-0.2, -0.15) is 4.99 Å². The fourth-order valence-electron chi connectivity index (χ4n) is 2.46. The summed E-state index contributed by atoms with van der Waals surface area (Å²) in [6.07, 6.45) is 0.637. The molecule has 0 aliphatic carbocycles. The quantitative estimate of drug-likeness (QED) is 0.927. The van der Waals surface area contributed by atoms with E-state index < -0.39 is 5.54 Å². The van der Waals surface area contributed by atoms with E-state index in [0.29, 0.717) is 29.7 Å². The van der Waals surface area contributed by atoms with Crippen LogP contribution in [-0.2, 0) is 6.42 Å². The Balaban J connectivity index is 2.27. The summed E-state index contributed by atoms with van der Waals surface area (Å²) in [5, 5.41) is 0.696. The highest BCUT2D eigenvalue weighted by Crippen LogP contribution is 2.28. The minimum Gasteiger partial charge on any atom is -0.385 e. The summed E-state index contributed by atoms with van der Waals surface area (Å²) < 4.78 is 0. The fourth-order valence-corrected chi connectivity index (χ4v) is 2.59. The van der Waals surface area contributed by atoms with Crippen molar-refractivity contribution in [3.8, 4) is 0 Å². The summed E-state index contributed by atoms with van der Waals surface area (Å²) in [6, 6.07) is 7.36. The molecule has 2 amide bonds. The van der Waals surface area contributed by atoms with Crippen molar-refractivity contribution in [1.82, 2.24) is 4.90 Å². The molecule has 5 heteroatoms. The molecule has 1 aliphatic rings. The summed E-state index contributed by atoms with van der Waals surface area (Å²) in [5.74, 6) is 0.752. The van der Waals surface area contributed by atoms with Gasteiger partial charge in [-0.25, -0.2) is 4.79 Å². The Kier molecular flexibility index (Phi) is 4.04. The van der Waals surface area contributed by atoms with Crippen LogP contribution in [-0.4, -0.2) is 28.9 Å². The zero-order chi connectivity index (χ0) is 14.9. The summed E-state index contributed by atoms with van der Waals surface area (Å²) in [5.41, 5.74) is 6.53. The van der Waals surface area contributed by atoms with Crippen molar-refractivity contribution in [2.45, 2.75) is 32.7 Å². The summed E-state index contributed by atoms with van der Waals surface area (Å²) in [7, 11) is 0. The third-order valence-corrected chi connectivity index (χ3v) is 3.86. The minimum atomic E-state index is -0.560. The van der Waals surface area contributed by atoms with Gasteiger partial charge in [0, 0.05) is 18.0 Å². The molecule has 0 spiro atoms. The Bertz CT molecular complexity index is 539. The summed E-state index contributed by atoms with van der Waals surface area (Å²) in [4.78, 5) is 17.7. The van der Waals surface area contributed by atoms with Crippen LogP contribution in [0.5, 0.6) is 0 Å². The molecule has 1 aromatic carbocycles. The molecule has 20 heavy (non-hydrogen) atoms. The average molecular weight is 294 g/mol. The Hall–Kier alpha value is -1.55. The fraction of sp³-hybridized carbons (Fsp3) is 0.467. The topological polar surface area (TPSA) is 58.7 Å². The van der Waals surface area contributed by atoms with Crippen LogP contribution in [0.15, 0.2) is 29.3 Å². The highest BCUT2D eigenvalue weighted by atomic mass is 35.5. The third kappa shape index (κ3) is 2.80. The second-order valence-electron chi connectivity index (χ2n) is 5.86. The number of benzene rings is 1. The molecule has 1 heterocycles. The lowest BCUT2D eigenvalue weighted by Gasteiger charge is -2.36. The van der Waals surface area contributed by atoms with Gasteiger partial charge in [-0.1, -0.05) is 37.6 Å². The van der Waals surface area contributed by atoms with Gasteiger partial charge in [0.15, 0.2) is 0 Å². The van der Waals surface area contributed by atoms with Crippen molar-refractivity contribution >= 4 is 23.5 Å². The van der Waals surface area contributed by atoms with Crippen LogP contribution in [0.1, 0.15) is 26.3 Å². The van der Waals surface area contributed by atoms with Crippen molar-refractivity contribution in [3.63, 3.8) is 0 Å². The molecule has 0 saturated heterocycles. The van der Waals surface area contributed by atoms with Crippen LogP contribution >= 0.6 is 11.6 Å². The highest BCUT2D eigenvalue weighted by molar-refractivity contribution is 6.30. The molecule has 0 bridgehead atoms. The summed E-state index contributed by atoms with van der Waals surface area (Å²) in [6.45, 7) is 6.76. The number of carbonyl (C=O) groups excluding carboxylic acids is 1. The molecular formula is C15H20ClN3O. The molecule has 1 aromatic rings. The van der Waals surface area contributed by atoms with Gasteiger partial charge < -0.3 is 10.6 Å². The number of halogens is 1. The molecule has 1 unspecified atom stereocenters. The van der Waals surface area contributed by atoms with E-state index >= 15 is 0 Å². The number of urea groups is 1. The van der Waals surface area contributed by atoms with E-state index in [1.807, 2.05) is 31.2 Å². The maximum atomic E-state index is 12.0. The first kappa shape index (κ1) is 14.9. The molecule has 0 fully saturated rings.